The second-order valence-corrected chi connectivity index (χ2v) is 5.58. The Labute approximate surface area is 127 Å². The highest BCUT2D eigenvalue weighted by atomic mass is 16.5. The Morgan fingerprint density at radius 3 is 3.10 bits per heavy atom. The van der Waals surface area contributed by atoms with Gasteiger partial charge >= 0.3 is 0 Å². The monoisotopic (exact) mass is 293 g/mol. The summed E-state index contributed by atoms with van der Waals surface area (Å²) >= 11 is 0. The molecule has 1 aromatic heterocycles. The summed E-state index contributed by atoms with van der Waals surface area (Å²) in [6.07, 6.45) is 6.78. The molecule has 0 radical (unpaired) electrons. The normalized spacial score (nSPS) is 20.5. The van der Waals surface area contributed by atoms with Crippen molar-refractivity contribution in [1.29, 1.82) is 0 Å². The van der Waals surface area contributed by atoms with E-state index in [4.69, 9.17) is 4.52 Å². The maximum atomic E-state index is 4.80. The first kappa shape index (κ1) is 15.8. The van der Waals surface area contributed by atoms with E-state index in [1.165, 1.54) is 25.8 Å². The zero-order chi connectivity index (χ0) is 14.9. The van der Waals surface area contributed by atoms with Gasteiger partial charge in [0.05, 0.1) is 6.54 Å². The number of nitrogens with one attached hydrogen (secondary N) is 2. The first-order valence-corrected chi connectivity index (χ1v) is 7.87. The third-order valence-corrected chi connectivity index (χ3v) is 4.01. The van der Waals surface area contributed by atoms with Gasteiger partial charge in [-0.25, -0.2) is 0 Å². The maximum Gasteiger partial charge on any atom is 0.191 e. The van der Waals surface area contributed by atoms with Gasteiger partial charge in [0.1, 0.15) is 12.0 Å². The molecular formula is C15H27N5O. The Morgan fingerprint density at radius 1 is 1.48 bits per heavy atom. The summed E-state index contributed by atoms with van der Waals surface area (Å²) in [5.74, 6) is 0.810. The first-order chi connectivity index (χ1) is 10.3. The average Bonchev–Trinajstić information content (AvgIpc) is 3.01. The molecule has 1 aromatic rings. The smallest absolute Gasteiger partial charge is 0.191 e. The van der Waals surface area contributed by atoms with Gasteiger partial charge in [-0.3, -0.25) is 4.99 Å². The Kier molecular flexibility index (Phi) is 6.53. The third kappa shape index (κ3) is 5.38. The second-order valence-electron chi connectivity index (χ2n) is 5.58. The lowest BCUT2D eigenvalue weighted by Crippen LogP contribution is -2.41. The van der Waals surface area contributed by atoms with Crippen LogP contribution in [-0.4, -0.2) is 48.7 Å². The molecule has 0 aliphatic carbocycles. The predicted molar refractivity (Wildman–Crippen MR) is 84.2 cm³/mol. The van der Waals surface area contributed by atoms with Crippen LogP contribution >= 0.6 is 0 Å². The van der Waals surface area contributed by atoms with E-state index in [1.807, 2.05) is 6.07 Å². The summed E-state index contributed by atoms with van der Waals surface area (Å²) in [6.45, 7) is 6.31. The average molecular weight is 293 g/mol. The fourth-order valence-corrected chi connectivity index (χ4v) is 2.70. The highest BCUT2D eigenvalue weighted by molar-refractivity contribution is 5.79. The van der Waals surface area contributed by atoms with Crippen LogP contribution < -0.4 is 10.6 Å². The molecule has 1 fully saturated rings. The van der Waals surface area contributed by atoms with E-state index in [0.29, 0.717) is 6.54 Å². The van der Waals surface area contributed by atoms with E-state index in [2.05, 4.69) is 32.6 Å². The molecule has 1 unspecified atom stereocenters. The number of hydrogen-bond acceptors (Lipinski definition) is 4. The Morgan fingerprint density at radius 2 is 2.38 bits per heavy atom. The van der Waals surface area contributed by atoms with Gasteiger partial charge in [-0.15, -0.1) is 0 Å². The molecule has 6 nitrogen and oxygen atoms in total. The van der Waals surface area contributed by atoms with Gasteiger partial charge in [0.25, 0.3) is 0 Å². The van der Waals surface area contributed by atoms with Crippen LogP contribution in [0.4, 0.5) is 0 Å². The van der Waals surface area contributed by atoms with Gasteiger partial charge in [-0.1, -0.05) is 11.6 Å². The van der Waals surface area contributed by atoms with Crippen molar-refractivity contribution in [2.24, 2.45) is 4.99 Å². The molecular weight excluding hydrogens is 266 g/mol. The number of aromatic nitrogens is 1. The first-order valence-electron chi connectivity index (χ1n) is 7.87. The van der Waals surface area contributed by atoms with Gasteiger partial charge in [0.2, 0.25) is 0 Å². The summed E-state index contributed by atoms with van der Waals surface area (Å²) in [5, 5.41) is 10.4. The van der Waals surface area contributed by atoms with Gasteiger partial charge in [0.15, 0.2) is 5.96 Å². The number of hydrogen-bond donors (Lipinski definition) is 2. The van der Waals surface area contributed by atoms with E-state index in [0.717, 1.165) is 37.2 Å². The molecule has 1 aliphatic heterocycles. The van der Waals surface area contributed by atoms with E-state index in [1.54, 1.807) is 13.3 Å². The van der Waals surface area contributed by atoms with Crippen molar-refractivity contribution in [3.8, 4) is 0 Å². The highest BCUT2D eigenvalue weighted by Crippen LogP contribution is 2.15. The van der Waals surface area contributed by atoms with Gasteiger partial charge < -0.3 is 20.1 Å². The summed E-state index contributed by atoms with van der Waals surface area (Å²) in [4.78, 5) is 6.80. The molecule has 1 aliphatic rings. The van der Waals surface area contributed by atoms with Gasteiger partial charge in [0, 0.05) is 32.2 Å². The van der Waals surface area contributed by atoms with Crippen molar-refractivity contribution in [1.82, 2.24) is 20.7 Å². The Hall–Kier alpha value is -1.56. The van der Waals surface area contributed by atoms with E-state index >= 15 is 0 Å². The number of aliphatic imine (C=N–C) groups is 1. The van der Waals surface area contributed by atoms with E-state index in [9.17, 15) is 0 Å². The molecule has 2 heterocycles. The van der Waals surface area contributed by atoms with Crippen LogP contribution in [0.15, 0.2) is 21.8 Å². The third-order valence-electron chi connectivity index (χ3n) is 4.01. The van der Waals surface area contributed by atoms with Crippen LogP contribution in [0, 0.1) is 0 Å². The molecule has 0 bridgehead atoms. The van der Waals surface area contributed by atoms with Crippen LogP contribution in [0.5, 0.6) is 0 Å². The highest BCUT2D eigenvalue weighted by Gasteiger charge is 2.17. The molecule has 118 valence electrons. The zero-order valence-electron chi connectivity index (χ0n) is 13.1. The minimum atomic E-state index is 0.624. The molecule has 1 saturated heterocycles. The maximum absolute atomic E-state index is 4.80. The van der Waals surface area contributed by atoms with Crippen molar-refractivity contribution in [3.05, 3.63) is 18.0 Å². The topological polar surface area (TPSA) is 65.7 Å². The van der Waals surface area contributed by atoms with Gasteiger partial charge in [-0.05, 0) is 32.7 Å². The quantitative estimate of drug-likeness (QED) is 0.474. The molecule has 21 heavy (non-hydrogen) atoms. The molecule has 2 N–H and O–H groups in total. The Balaban J connectivity index is 1.60. The number of rotatable bonds is 6. The lowest BCUT2D eigenvalue weighted by Gasteiger charge is -2.33. The predicted octanol–water partition coefficient (Wildman–Crippen LogP) is 1.60. The standard InChI is InChI=1S/C15H27N5O/c1-13-6-3-4-9-20(13)10-5-8-17-15(16-2)18-12-14-7-11-21-19-14/h7,11,13H,3-6,8-10,12H2,1-2H3,(H2,16,17,18). The molecule has 2 rings (SSSR count). The van der Waals surface area contributed by atoms with E-state index < -0.39 is 0 Å². The molecule has 0 amide bonds. The SMILES string of the molecule is CN=C(NCCCN1CCCCC1C)NCc1ccon1. The minimum absolute atomic E-state index is 0.624. The van der Waals surface area contributed by atoms with Crippen molar-refractivity contribution < 1.29 is 4.52 Å². The van der Waals surface area contributed by atoms with Crippen molar-refractivity contribution >= 4 is 5.96 Å². The second kappa shape index (κ2) is 8.67. The van der Waals surface area contributed by atoms with Crippen molar-refractivity contribution in [2.45, 2.75) is 45.2 Å². The summed E-state index contributed by atoms with van der Waals surface area (Å²) in [7, 11) is 1.78. The van der Waals surface area contributed by atoms with Crippen LogP contribution in [-0.2, 0) is 6.54 Å². The van der Waals surface area contributed by atoms with Crippen LogP contribution in [0.3, 0.4) is 0 Å². The number of guanidine groups is 1. The Bertz CT molecular complexity index is 418. The molecule has 0 saturated carbocycles. The molecule has 0 aromatic carbocycles. The summed E-state index contributed by atoms with van der Waals surface area (Å²) in [6, 6.07) is 2.58. The lowest BCUT2D eigenvalue weighted by atomic mass is 10.0. The number of piperidine rings is 1. The molecule has 0 spiro atoms. The van der Waals surface area contributed by atoms with Crippen LogP contribution in [0.2, 0.25) is 0 Å². The zero-order valence-corrected chi connectivity index (χ0v) is 13.1. The van der Waals surface area contributed by atoms with Crippen molar-refractivity contribution in [3.63, 3.8) is 0 Å². The van der Waals surface area contributed by atoms with Crippen molar-refractivity contribution in [2.75, 3.05) is 26.7 Å². The summed E-state index contributed by atoms with van der Waals surface area (Å²) in [5.41, 5.74) is 0.875. The summed E-state index contributed by atoms with van der Waals surface area (Å²) < 4.78 is 4.80. The fourth-order valence-electron chi connectivity index (χ4n) is 2.70. The van der Waals surface area contributed by atoms with Crippen LogP contribution in [0.1, 0.15) is 38.3 Å². The fraction of sp³-hybridized carbons (Fsp3) is 0.733. The van der Waals surface area contributed by atoms with Gasteiger partial charge in [-0.2, -0.15) is 0 Å². The van der Waals surface area contributed by atoms with E-state index in [-0.39, 0.29) is 0 Å². The number of nitrogens with zero attached hydrogens (tertiary/aromatic N) is 3. The molecule has 6 heteroatoms. The van der Waals surface area contributed by atoms with Crippen LogP contribution in [0.25, 0.3) is 0 Å². The molecule has 1 atom stereocenters. The largest absolute Gasteiger partial charge is 0.364 e. The number of likely N-dealkylation sites (tertiary alicyclic amines) is 1. The minimum Gasteiger partial charge on any atom is -0.364 e. The lowest BCUT2D eigenvalue weighted by molar-refractivity contribution is 0.159.